The number of rotatable bonds is 7. The topological polar surface area (TPSA) is 81.1 Å². The maximum absolute atomic E-state index is 13.0. The fourth-order valence-corrected chi connectivity index (χ4v) is 4.03. The zero-order chi connectivity index (χ0) is 21.8. The van der Waals surface area contributed by atoms with Crippen LogP contribution in [0.5, 0.6) is 0 Å². The normalized spacial score (nSPS) is 12.2. The van der Waals surface area contributed by atoms with Gasteiger partial charge in [0.2, 0.25) is 5.91 Å². The van der Waals surface area contributed by atoms with Crippen molar-refractivity contribution in [2.24, 2.45) is 5.92 Å². The van der Waals surface area contributed by atoms with Gasteiger partial charge in [-0.15, -0.1) is 0 Å². The molecule has 0 saturated heterocycles. The number of Topliss-reactive ketones (excluding diaryl/α,β-unsaturated/α-hetero) is 1. The van der Waals surface area contributed by atoms with Crippen molar-refractivity contribution >= 4 is 40.0 Å². The van der Waals surface area contributed by atoms with E-state index in [0.29, 0.717) is 33.9 Å². The fourth-order valence-electron chi connectivity index (χ4n) is 3.11. The summed E-state index contributed by atoms with van der Waals surface area (Å²) < 4.78 is 1.64. The van der Waals surface area contributed by atoms with Gasteiger partial charge in [0, 0.05) is 12.1 Å². The van der Waals surface area contributed by atoms with E-state index in [1.165, 1.54) is 18.7 Å². The summed E-state index contributed by atoms with van der Waals surface area (Å²) in [5.41, 5.74) is 1.45. The number of nitrogens with zero attached hydrogens (tertiary/aromatic N) is 2. The second-order valence-corrected chi connectivity index (χ2v) is 8.88. The highest BCUT2D eigenvalue weighted by molar-refractivity contribution is 8.00. The molecule has 1 atom stereocenters. The predicted octanol–water partition coefficient (Wildman–Crippen LogP) is 4.37. The number of benzene rings is 2. The molecule has 0 aliphatic rings. The number of hydrogen-bond acceptors (Lipinski definition) is 5. The van der Waals surface area contributed by atoms with Crippen LogP contribution in [0.3, 0.4) is 0 Å². The molecule has 0 aliphatic heterocycles. The van der Waals surface area contributed by atoms with Crippen LogP contribution in [0.4, 0.5) is 5.69 Å². The maximum atomic E-state index is 13.0. The van der Waals surface area contributed by atoms with Gasteiger partial charge in [-0.05, 0) is 44.0 Å². The van der Waals surface area contributed by atoms with Gasteiger partial charge >= 0.3 is 0 Å². The average molecular weight is 424 g/mol. The highest BCUT2D eigenvalue weighted by Crippen LogP contribution is 2.25. The number of ketones is 1. The summed E-state index contributed by atoms with van der Waals surface area (Å²) >= 11 is 1.24. The van der Waals surface area contributed by atoms with E-state index in [9.17, 15) is 14.4 Å². The number of fused-ring (bicyclic) bond motifs is 1. The van der Waals surface area contributed by atoms with E-state index in [4.69, 9.17) is 0 Å². The van der Waals surface area contributed by atoms with Gasteiger partial charge in [0.1, 0.15) is 0 Å². The molecular formula is C23H25N3O3S. The summed E-state index contributed by atoms with van der Waals surface area (Å²) in [6.45, 7) is 7.81. The Morgan fingerprint density at radius 2 is 1.73 bits per heavy atom. The summed E-state index contributed by atoms with van der Waals surface area (Å²) in [5, 5.41) is 3.38. The van der Waals surface area contributed by atoms with E-state index < -0.39 is 5.25 Å². The van der Waals surface area contributed by atoms with Crippen molar-refractivity contribution < 1.29 is 9.59 Å². The van der Waals surface area contributed by atoms with Gasteiger partial charge in [0.05, 0.1) is 21.8 Å². The van der Waals surface area contributed by atoms with E-state index in [1.54, 1.807) is 47.9 Å². The molecule has 1 N–H and O–H groups in total. The van der Waals surface area contributed by atoms with Gasteiger partial charge in [0.25, 0.3) is 5.56 Å². The van der Waals surface area contributed by atoms with Crippen LogP contribution >= 0.6 is 11.8 Å². The Bertz CT molecular complexity index is 1150. The highest BCUT2D eigenvalue weighted by atomic mass is 32.2. The molecule has 0 fully saturated rings. The van der Waals surface area contributed by atoms with Crippen LogP contribution in [0.2, 0.25) is 0 Å². The van der Waals surface area contributed by atoms with E-state index in [1.807, 2.05) is 26.0 Å². The Morgan fingerprint density at radius 3 is 2.43 bits per heavy atom. The Labute approximate surface area is 179 Å². The second-order valence-electron chi connectivity index (χ2n) is 7.57. The van der Waals surface area contributed by atoms with Crippen molar-refractivity contribution in [3.05, 3.63) is 64.4 Å². The van der Waals surface area contributed by atoms with E-state index >= 15 is 0 Å². The summed E-state index contributed by atoms with van der Waals surface area (Å²) in [4.78, 5) is 42.3. The van der Waals surface area contributed by atoms with E-state index in [2.05, 4.69) is 10.3 Å². The highest BCUT2D eigenvalue weighted by Gasteiger charge is 2.21. The largest absolute Gasteiger partial charge is 0.324 e. The first-order valence-corrected chi connectivity index (χ1v) is 10.7. The number of carbonyl (C=O) groups excluding carboxylic acids is 2. The van der Waals surface area contributed by atoms with Crippen LogP contribution in [0.25, 0.3) is 10.9 Å². The molecule has 1 aromatic heterocycles. The van der Waals surface area contributed by atoms with Crippen LogP contribution in [0.15, 0.2) is 58.5 Å². The minimum atomic E-state index is -0.517. The van der Waals surface area contributed by atoms with Gasteiger partial charge in [-0.3, -0.25) is 19.0 Å². The first-order chi connectivity index (χ1) is 14.3. The number of aromatic nitrogens is 2. The Hall–Kier alpha value is -2.93. The van der Waals surface area contributed by atoms with Crippen molar-refractivity contribution in [2.75, 3.05) is 5.32 Å². The molecule has 0 unspecified atom stereocenters. The smallest absolute Gasteiger partial charge is 0.262 e. The van der Waals surface area contributed by atoms with Gasteiger partial charge in [-0.25, -0.2) is 4.98 Å². The number of para-hydroxylation sites is 2. The van der Waals surface area contributed by atoms with Crippen molar-refractivity contribution in [3.63, 3.8) is 0 Å². The summed E-state index contributed by atoms with van der Waals surface area (Å²) in [6, 6.07) is 14.1. The average Bonchev–Trinajstić information content (AvgIpc) is 2.70. The quantitative estimate of drug-likeness (QED) is 0.347. The number of anilines is 1. The van der Waals surface area contributed by atoms with Crippen LogP contribution in [-0.4, -0.2) is 26.5 Å². The van der Waals surface area contributed by atoms with E-state index in [0.717, 1.165) is 0 Å². The molecule has 6 nitrogen and oxygen atoms in total. The number of carbonyl (C=O) groups is 2. The molecule has 0 aliphatic carbocycles. The lowest BCUT2D eigenvalue weighted by Gasteiger charge is -2.18. The lowest BCUT2D eigenvalue weighted by atomic mass is 10.1. The Kier molecular flexibility index (Phi) is 6.72. The molecular weight excluding hydrogens is 398 g/mol. The molecule has 30 heavy (non-hydrogen) atoms. The molecule has 0 spiro atoms. The van der Waals surface area contributed by atoms with Crippen LogP contribution in [0.1, 0.15) is 38.1 Å². The SMILES string of the molecule is CC(=O)c1ccccc1NC(=O)[C@H](C)Sc1nc2ccccc2c(=O)n1CC(C)C. The van der Waals surface area contributed by atoms with E-state index in [-0.39, 0.29) is 23.2 Å². The first-order valence-electron chi connectivity index (χ1n) is 9.85. The third kappa shape index (κ3) is 4.79. The molecule has 7 heteroatoms. The molecule has 0 bridgehead atoms. The summed E-state index contributed by atoms with van der Waals surface area (Å²) in [6.07, 6.45) is 0. The molecule has 2 aromatic carbocycles. The number of thioether (sulfide) groups is 1. The standard InChI is InChI=1S/C23H25N3O3S/c1-14(2)13-26-22(29)18-10-6-8-12-20(18)25-23(26)30-16(4)21(28)24-19-11-7-5-9-17(19)15(3)27/h5-12,14,16H,13H2,1-4H3,(H,24,28)/t16-/m0/s1. The zero-order valence-electron chi connectivity index (χ0n) is 17.5. The first kappa shape index (κ1) is 21.8. The third-order valence-electron chi connectivity index (χ3n) is 4.59. The lowest BCUT2D eigenvalue weighted by molar-refractivity contribution is -0.115. The molecule has 156 valence electrons. The number of hydrogen-bond donors (Lipinski definition) is 1. The number of nitrogens with one attached hydrogen (secondary N) is 1. The van der Waals surface area contributed by atoms with Crippen molar-refractivity contribution in [3.8, 4) is 0 Å². The molecule has 1 amide bonds. The molecule has 3 rings (SSSR count). The zero-order valence-corrected chi connectivity index (χ0v) is 18.3. The van der Waals surface area contributed by atoms with Crippen LogP contribution < -0.4 is 10.9 Å². The summed E-state index contributed by atoms with van der Waals surface area (Å²) in [7, 11) is 0. The molecule has 0 radical (unpaired) electrons. The van der Waals surface area contributed by atoms with Crippen molar-refractivity contribution in [2.45, 2.75) is 44.6 Å². The maximum Gasteiger partial charge on any atom is 0.262 e. The summed E-state index contributed by atoms with van der Waals surface area (Å²) in [5.74, 6) is -0.128. The predicted molar refractivity (Wildman–Crippen MR) is 121 cm³/mol. The molecule has 1 heterocycles. The monoisotopic (exact) mass is 423 g/mol. The van der Waals surface area contributed by atoms with Gasteiger partial charge < -0.3 is 5.32 Å². The lowest BCUT2D eigenvalue weighted by Crippen LogP contribution is -2.28. The minimum Gasteiger partial charge on any atom is -0.324 e. The Morgan fingerprint density at radius 1 is 1.07 bits per heavy atom. The minimum absolute atomic E-state index is 0.105. The van der Waals surface area contributed by atoms with Gasteiger partial charge in [0.15, 0.2) is 10.9 Å². The molecule has 3 aromatic rings. The second kappa shape index (κ2) is 9.26. The van der Waals surface area contributed by atoms with Crippen LogP contribution in [0, 0.1) is 5.92 Å². The third-order valence-corrected chi connectivity index (χ3v) is 5.68. The van der Waals surface area contributed by atoms with Crippen LogP contribution in [-0.2, 0) is 11.3 Å². The van der Waals surface area contributed by atoms with Crippen molar-refractivity contribution in [1.82, 2.24) is 9.55 Å². The van der Waals surface area contributed by atoms with Gasteiger partial charge in [-0.2, -0.15) is 0 Å². The number of amides is 1. The molecule has 0 saturated carbocycles. The Balaban J connectivity index is 1.90. The van der Waals surface area contributed by atoms with Crippen molar-refractivity contribution in [1.29, 1.82) is 0 Å². The van der Waals surface area contributed by atoms with Gasteiger partial charge in [-0.1, -0.05) is 49.9 Å². The fraction of sp³-hybridized carbons (Fsp3) is 0.304.